The van der Waals surface area contributed by atoms with Gasteiger partial charge in [-0.25, -0.2) is 0 Å². The highest BCUT2D eigenvalue weighted by molar-refractivity contribution is 6.36. The van der Waals surface area contributed by atoms with Crippen LogP contribution in [0.4, 0.5) is 5.69 Å². The molecule has 0 bridgehead atoms. The second-order valence-corrected chi connectivity index (χ2v) is 4.97. The Labute approximate surface area is 112 Å². The van der Waals surface area contributed by atoms with Gasteiger partial charge < -0.3 is 10.6 Å². The lowest BCUT2D eigenvalue weighted by atomic mass is 9.98. The summed E-state index contributed by atoms with van der Waals surface area (Å²) in [5.74, 6) is 0.510. The Balaban J connectivity index is 2.22. The third-order valence-corrected chi connectivity index (χ3v) is 3.74. The predicted molar refractivity (Wildman–Crippen MR) is 74.9 cm³/mol. The van der Waals surface area contributed by atoms with Crippen LogP contribution < -0.4 is 10.6 Å². The van der Waals surface area contributed by atoms with Crippen molar-refractivity contribution >= 4 is 28.9 Å². The molecule has 0 aromatic heterocycles. The summed E-state index contributed by atoms with van der Waals surface area (Å²) in [5.41, 5.74) is 9.72. The van der Waals surface area contributed by atoms with Gasteiger partial charge in [-0.15, -0.1) is 0 Å². The fraction of sp³-hybridized carbons (Fsp3) is 0.385. The summed E-state index contributed by atoms with van der Waals surface area (Å²) in [6.45, 7) is 2.35. The van der Waals surface area contributed by atoms with Crippen LogP contribution >= 0.6 is 23.2 Å². The van der Waals surface area contributed by atoms with E-state index in [1.54, 1.807) is 0 Å². The van der Waals surface area contributed by atoms with Gasteiger partial charge in [0.15, 0.2) is 0 Å². The lowest BCUT2D eigenvalue weighted by Crippen LogP contribution is -2.24. The monoisotopic (exact) mass is 270 g/mol. The summed E-state index contributed by atoms with van der Waals surface area (Å²) >= 11 is 11.6. The van der Waals surface area contributed by atoms with Gasteiger partial charge in [-0.2, -0.15) is 0 Å². The van der Waals surface area contributed by atoms with Gasteiger partial charge in [0.25, 0.3) is 0 Å². The third kappa shape index (κ3) is 2.76. The van der Waals surface area contributed by atoms with Crippen molar-refractivity contribution in [2.45, 2.75) is 12.3 Å². The van der Waals surface area contributed by atoms with Crippen molar-refractivity contribution in [3.05, 3.63) is 40.4 Å². The van der Waals surface area contributed by atoms with Crippen molar-refractivity contribution in [1.82, 2.24) is 0 Å². The summed E-state index contributed by atoms with van der Waals surface area (Å²) < 4.78 is 0. The maximum Gasteiger partial charge on any atom is 0.0545 e. The molecule has 0 fully saturated rings. The Hall–Kier alpha value is -0.700. The van der Waals surface area contributed by atoms with Crippen molar-refractivity contribution in [2.24, 2.45) is 5.73 Å². The molecular formula is C13H16Cl2N2. The molecule has 4 heteroatoms. The van der Waals surface area contributed by atoms with Crippen LogP contribution in [0, 0.1) is 0 Å². The van der Waals surface area contributed by atoms with E-state index in [2.05, 4.69) is 29.2 Å². The van der Waals surface area contributed by atoms with Gasteiger partial charge in [0.05, 0.1) is 6.54 Å². The molecule has 0 saturated heterocycles. The highest BCUT2D eigenvalue weighted by atomic mass is 35.5. The van der Waals surface area contributed by atoms with Crippen LogP contribution in [0.3, 0.4) is 0 Å². The number of hydrogen-bond acceptors (Lipinski definition) is 2. The lowest BCUT2D eigenvalue weighted by molar-refractivity contribution is 0.654. The zero-order valence-electron chi connectivity index (χ0n) is 9.57. The average Bonchev–Trinajstić information content (AvgIpc) is 2.69. The third-order valence-electron chi connectivity index (χ3n) is 3.13. The van der Waals surface area contributed by atoms with Crippen LogP contribution in [0.25, 0.3) is 0 Å². The molecule has 1 aromatic carbocycles. The Morgan fingerprint density at radius 1 is 1.47 bits per heavy atom. The van der Waals surface area contributed by atoms with Gasteiger partial charge in [-0.3, -0.25) is 0 Å². The summed E-state index contributed by atoms with van der Waals surface area (Å²) in [6, 6.07) is 8.43. The zero-order chi connectivity index (χ0) is 12.3. The fourth-order valence-electron chi connectivity index (χ4n) is 2.40. The van der Waals surface area contributed by atoms with Gasteiger partial charge in [-0.05, 0) is 24.6 Å². The predicted octanol–water partition coefficient (Wildman–Crippen LogP) is 3.26. The standard InChI is InChI=1S/C13H16Cl2N2/c14-7-11(15)9-17-8-10(5-6-16)12-3-1-2-4-13(12)17/h1-4,7,10H,5-6,8-9,16H2. The molecule has 1 aromatic rings. The van der Waals surface area contributed by atoms with Crippen molar-refractivity contribution in [3.63, 3.8) is 0 Å². The van der Waals surface area contributed by atoms with Crippen LogP contribution in [-0.2, 0) is 0 Å². The first kappa shape index (κ1) is 12.7. The molecule has 0 radical (unpaired) electrons. The van der Waals surface area contributed by atoms with E-state index in [-0.39, 0.29) is 0 Å². The van der Waals surface area contributed by atoms with Gasteiger partial charge >= 0.3 is 0 Å². The van der Waals surface area contributed by atoms with E-state index in [1.165, 1.54) is 16.8 Å². The molecule has 2 nitrogen and oxygen atoms in total. The smallest absolute Gasteiger partial charge is 0.0545 e. The number of nitrogens with zero attached hydrogens (tertiary/aromatic N) is 1. The molecule has 17 heavy (non-hydrogen) atoms. The minimum atomic E-state index is 0.510. The van der Waals surface area contributed by atoms with E-state index >= 15 is 0 Å². The number of halogens is 2. The Morgan fingerprint density at radius 2 is 2.24 bits per heavy atom. The highest BCUT2D eigenvalue weighted by Crippen LogP contribution is 2.38. The second-order valence-electron chi connectivity index (χ2n) is 4.27. The van der Waals surface area contributed by atoms with Crippen LogP contribution in [0.15, 0.2) is 34.8 Å². The molecule has 92 valence electrons. The topological polar surface area (TPSA) is 29.3 Å². The first-order valence-electron chi connectivity index (χ1n) is 5.75. The minimum Gasteiger partial charge on any atom is -0.365 e. The zero-order valence-corrected chi connectivity index (χ0v) is 11.1. The highest BCUT2D eigenvalue weighted by Gasteiger charge is 2.27. The average molecular weight is 271 g/mol. The van der Waals surface area contributed by atoms with E-state index in [4.69, 9.17) is 28.9 Å². The first-order chi connectivity index (χ1) is 8.26. The number of para-hydroxylation sites is 1. The van der Waals surface area contributed by atoms with Crippen molar-refractivity contribution in [2.75, 3.05) is 24.5 Å². The van der Waals surface area contributed by atoms with Gasteiger partial charge in [0, 0.05) is 28.7 Å². The molecule has 1 atom stereocenters. The van der Waals surface area contributed by atoms with Crippen LogP contribution in [0.2, 0.25) is 0 Å². The second kappa shape index (κ2) is 5.76. The lowest BCUT2D eigenvalue weighted by Gasteiger charge is -2.19. The molecule has 1 aliphatic heterocycles. The number of benzene rings is 1. The molecule has 1 aliphatic rings. The molecule has 2 rings (SSSR count). The molecular weight excluding hydrogens is 255 g/mol. The van der Waals surface area contributed by atoms with E-state index in [1.807, 2.05) is 0 Å². The normalized spacial score (nSPS) is 19.6. The molecule has 0 spiro atoms. The van der Waals surface area contributed by atoms with Crippen molar-refractivity contribution < 1.29 is 0 Å². The summed E-state index contributed by atoms with van der Waals surface area (Å²) in [6.07, 6.45) is 1.01. The van der Waals surface area contributed by atoms with E-state index < -0.39 is 0 Å². The molecule has 0 amide bonds. The number of rotatable bonds is 4. The summed E-state index contributed by atoms with van der Waals surface area (Å²) in [7, 11) is 0. The summed E-state index contributed by atoms with van der Waals surface area (Å²) in [4.78, 5) is 2.26. The number of fused-ring (bicyclic) bond motifs is 1. The Morgan fingerprint density at radius 3 is 2.94 bits per heavy atom. The number of nitrogens with two attached hydrogens (primary N) is 1. The van der Waals surface area contributed by atoms with Gasteiger partial charge in [0.1, 0.15) is 0 Å². The SMILES string of the molecule is NCCC1CN(CC(Cl)=CCl)c2ccccc21. The van der Waals surface area contributed by atoms with Crippen molar-refractivity contribution in [3.8, 4) is 0 Å². The number of hydrogen-bond donors (Lipinski definition) is 1. The minimum absolute atomic E-state index is 0.510. The molecule has 2 N–H and O–H groups in total. The molecule has 0 aliphatic carbocycles. The maximum absolute atomic E-state index is 6.00. The van der Waals surface area contributed by atoms with E-state index in [0.717, 1.165) is 13.0 Å². The molecule has 0 saturated carbocycles. The largest absolute Gasteiger partial charge is 0.365 e. The van der Waals surface area contributed by atoms with Crippen LogP contribution in [0.1, 0.15) is 17.9 Å². The molecule has 1 unspecified atom stereocenters. The quantitative estimate of drug-likeness (QED) is 0.910. The van der Waals surface area contributed by atoms with Crippen molar-refractivity contribution in [1.29, 1.82) is 0 Å². The van der Waals surface area contributed by atoms with E-state index in [9.17, 15) is 0 Å². The number of anilines is 1. The fourth-order valence-corrected chi connectivity index (χ4v) is 2.61. The van der Waals surface area contributed by atoms with Crippen LogP contribution in [0.5, 0.6) is 0 Å². The van der Waals surface area contributed by atoms with Gasteiger partial charge in [-0.1, -0.05) is 41.4 Å². The Bertz CT molecular complexity index is 418. The summed E-state index contributed by atoms with van der Waals surface area (Å²) in [5, 5.41) is 0.662. The van der Waals surface area contributed by atoms with E-state index in [0.29, 0.717) is 24.0 Å². The van der Waals surface area contributed by atoms with Crippen LogP contribution in [-0.4, -0.2) is 19.6 Å². The molecule has 1 heterocycles. The Kier molecular flexibility index (Phi) is 4.32. The first-order valence-corrected chi connectivity index (χ1v) is 6.56. The van der Waals surface area contributed by atoms with Gasteiger partial charge in [0.2, 0.25) is 0 Å². The maximum atomic E-state index is 6.00.